The van der Waals surface area contributed by atoms with Gasteiger partial charge >= 0.3 is 6.18 Å². The van der Waals surface area contributed by atoms with E-state index in [1.54, 1.807) is 12.1 Å². The van der Waals surface area contributed by atoms with Gasteiger partial charge in [0.25, 0.3) is 0 Å². The van der Waals surface area contributed by atoms with E-state index in [1.807, 2.05) is 0 Å². The summed E-state index contributed by atoms with van der Waals surface area (Å²) in [5, 5.41) is 0.126. The highest BCUT2D eigenvalue weighted by Gasteiger charge is 2.45. The summed E-state index contributed by atoms with van der Waals surface area (Å²) in [7, 11) is 0. The van der Waals surface area contributed by atoms with Crippen molar-refractivity contribution >= 4 is 22.3 Å². The Balaban J connectivity index is 1.83. The molecule has 1 unspecified atom stereocenters. The number of ketones is 1. The fourth-order valence-corrected chi connectivity index (χ4v) is 4.92. The molecule has 1 atom stereocenters. The summed E-state index contributed by atoms with van der Waals surface area (Å²) in [6, 6.07) is 3.23. The second-order valence-corrected chi connectivity index (χ2v) is 9.40. The molecule has 0 saturated carbocycles. The number of Topliss-reactive ketones (excluding diaryl/α,β-unsaturated/α-hetero) is 1. The van der Waals surface area contributed by atoms with Crippen LogP contribution in [-0.4, -0.2) is 16.9 Å². The van der Waals surface area contributed by atoms with Gasteiger partial charge in [-0.05, 0) is 18.6 Å². The highest BCUT2D eigenvalue weighted by molar-refractivity contribution is 7.16. The Hall–Kier alpha value is -1.83. The van der Waals surface area contributed by atoms with E-state index in [4.69, 9.17) is 10.2 Å². The van der Waals surface area contributed by atoms with Crippen molar-refractivity contribution in [3.05, 3.63) is 23.3 Å². The van der Waals surface area contributed by atoms with Gasteiger partial charge in [-0.25, -0.2) is 4.98 Å². The summed E-state index contributed by atoms with van der Waals surface area (Å²) in [5.74, 6) is -2.72. The van der Waals surface area contributed by atoms with Crippen molar-refractivity contribution in [3.63, 3.8) is 0 Å². The Bertz CT molecular complexity index is 788. The van der Waals surface area contributed by atoms with Gasteiger partial charge < -0.3 is 10.2 Å². The van der Waals surface area contributed by atoms with E-state index in [-0.39, 0.29) is 22.1 Å². The number of anilines is 1. The summed E-state index contributed by atoms with van der Waals surface area (Å²) >= 11 is 0.935. The molecule has 8 heteroatoms. The Morgan fingerprint density at radius 1 is 1.03 bits per heavy atom. The van der Waals surface area contributed by atoms with E-state index in [9.17, 15) is 18.0 Å². The number of nitrogen functional groups attached to an aromatic ring is 1. The van der Waals surface area contributed by atoms with Gasteiger partial charge in [-0.15, -0.1) is 11.3 Å². The van der Waals surface area contributed by atoms with Crippen molar-refractivity contribution in [2.24, 2.45) is 0 Å². The van der Waals surface area contributed by atoms with Crippen LogP contribution in [0.4, 0.5) is 18.3 Å². The molecule has 0 aliphatic rings. The normalized spacial score (nSPS) is 12.9. The molecule has 0 fully saturated rings. The zero-order chi connectivity index (χ0) is 23.4. The molecule has 2 aromatic heterocycles. The number of halogens is 3. The molecular formula is C24H35F3N2O2S. The third-order valence-corrected chi connectivity index (χ3v) is 6.68. The zero-order valence-electron chi connectivity index (χ0n) is 18.9. The number of carbonyl (C=O) groups excluding carboxylic acids is 1. The number of unbranched alkanes of at least 4 members (excludes halogenated alkanes) is 11. The maximum atomic E-state index is 13.3. The van der Waals surface area contributed by atoms with Gasteiger partial charge in [0, 0.05) is 4.88 Å². The molecule has 180 valence electrons. The average molecular weight is 473 g/mol. The van der Waals surface area contributed by atoms with Crippen LogP contribution >= 0.6 is 11.3 Å². The minimum Gasteiger partial charge on any atom is -0.463 e. The standard InChI is InChI=1S/C24H35F3N2O2S/c1-2-3-4-5-6-7-8-9-10-11-12-13-15-18(22(30)24(25,26)27)21-20(29-23(28)32-21)19-16-14-17-31-19/h14,16-18H,2-13,15H2,1H3,(H2,28,29). The van der Waals surface area contributed by atoms with Gasteiger partial charge in [0.1, 0.15) is 5.69 Å². The van der Waals surface area contributed by atoms with Crippen LogP contribution in [0, 0.1) is 0 Å². The lowest BCUT2D eigenvalue weighted by molar-refractivity contribution is -0.172. The molecule has 2 rings (SSSR count). The molecule has 0 saturated heterocycles. The number of hydrogen-bond acceptors (Lipinski definition) is 5. The van der Waals surface area contributed by atoms with Crippen LogP contribution in [0.15, 0.2) is 22.8 Å². The number of hydrogen-bond donors (Lipinski definition) is 1. The summed E-state index contributed by atoms with van der Waals surface area (Å²) in [6.07, 6.45) is 10.2. The van der Waals surface area contributed by atoms with Crippen LogP contribution in [0.3, 0.4) is 0 Å². The minimum absolute atomic E-state index is 0.126. The number of alkyl halides is 3. The van der Waals surface area contributed by atoms with Gasteiger partial charge in [-0.3, -0.25) is 4.79 Å². The highest BCUT2D eigenvalue weighted by atomic mass is 32.1. The largest absolute Gasteiger partial charge is 0.463 e. The van der Waals surface area contributed by atoms with E-state index in [1.165, 1.54) is 51.2 Å². The SMILES string of the molecule is CCCCCCCCCCCCCCC(C(=O)C(F)(F)F)c1sc(N)nc1-c1ccco1. The van der Waals surface area contributed by atoms with Crippen molar-refractivity contribution in [2.45, 2.75) is 102 Å². The molecular weight excluding hydrogens is 437 g/mol. The topological polar surface area (TPSA) is 69.1 Å². The zero-order valence-corrected chi connectivity index (χ0v) is 19.7. The van der Waals surface area contributed by atoms with Crippen LogP contribution in [0.2, 0.25) is 0 Å². The maximum Gasteiger partial charge on any atom is 0.450 e. The predicted molar refractivity (Wildman–Crippen MR) is 124 cm³/mol. The molecule has 0 aromatic carbocycles. The minimum atomic E-state index is -4.90. The molecule has 2 N–H and O–H groups in total. The lowest BCUT2D eigenvalue weighted by atomic mass is 9.92. The summed E-state index contributed by atoms with van der Waals surface area (Å²) in [5.41, 5.74) is 6.01. The number of nitrogens with zero attached hydrogens (tertiary/aromatic N) is 1. The first-order valence-corrected chi connectivity index (χ1v) is 12.6. The number of nitrogens with two attached hydrogens (primary N) is 1. The molecule has 0 amide bonds. The molecule has 2 aromatic rings. The maximum absolute atomic E-state index is 13.3. The first kappa shape index (κ1) is 26.4. The van der Waals surface area contributed by atoms with Crippen molar-refractivity contribution in [2.75, 3.05) is 5.73 Å². The Morgan fingerprint density at radius 2 is 1.59 bits per heavy atom. The van der Waals surface area contributed by atoms with Gasteiger partial charge in [0.2, 0.25) is 5.78 Å². The van der Waals surface area contributed by atoms with Gasteiger partial charge in [-0.1, -0.05) is 84.0 Å². The second kappa shape index (κ2) is 13.7. The van der Waals surface area contributed by atoms with Crippen LogP contribution in [0.1, 0.15) is 101 Å². The predicted octanol–water partition coefficient (Wildman–Crippen LogP) is 8.29. The van der Waals surface area contributed by atoms with Crippen molar-refractivity contribution < 1.29 is 22.4 Å². The van der Waals surface area contributed by atoms with Crippen LogP contribution < -0.4 is 5.73 Å². The average Bonchev–Trinajstić information content (AvgIpc) is 3.40. The molecule has 2 heterocycles. The number of aromatic nitrogens is 1. The summed E-state index contributed by atoms with van der Waals surface area (Å²) in [4.78, 5) is 16.6. The van der Waals surface area contributed by atoms with Gasteiger partial charge in [0.05, 0.1) is 12.2 Å². The van der Waals surface area contributed by atoms with E-state index in [0.717, 1.165) is 37.0 Å². The van der Waals surface area contributed by atoms with Crippen molar-refractivity contribution in [1.82, 2.24) is 4.98 Å². The van der Waals surface area contributed by atoms with Crippen LogP contribution in [0.5, 0.6) is 0 Å². The molecule has 0 radical (unpaired) electrons. The number of rotatable bonds is 16. The van der Waals surface area contributed by atoms with Gasteiger partial charge in [0.15, 0.2) is 10.9 Å². The van der Waals surface area contributed by atoms with E-state index < -0.39 is 17.9 Å². The van der Waals surface area contributed by atoms with Crippen molar-refractivity contribution in [3.8, 4) is 11.5 Å². The fourth-order valence-electron chi connectivity index (χ4n) is 3.94. The molecule has 32 heavy (non-hydrogen) atoms. The monoisotopic (exact) mass is 472 g/mol. The first-order valence-electron chi connectivity index (χ1n) is 11.8. The number of furan rings is 1. The first-order chi connectivity index (χ1) is 15.3. The fraction of sp³-hybridized carbons (Fsp3) is 0.667. The number of carbonyl (C=O) groups is 1. The lowest BCUT2D eigenvalue weighted by Crippen LogP contribution is -2.29. The van der Waals surface area contributed by atoms with E-state index >= 15 is 0 Å². The Kier molecular flexibility index (Phi) is 11.3. The second-order valence-electron chi connectivity index (χ2n) is 8.33. The summed E-state index contributed by atoms with van der Waals surface area (Å²) in [6.45, 7) is 2.21. The molecule has 0 spiro atoms. The van der Waals surface area contributed by atoms with Crippen LogP contribution in [0.25, 0.3) is 11.5 Å². The van der Waals surface area contributed by atoms with Crippen LogP contribution in [-0.2, 0) is 4.79 Å². The smallest absolute Gasteiger partial charge is 0.450 e. The quantitative estimate of drug-likeness (QED) is 0.250. The number of thiazole rings is 1. The lowest BCUT2D eigenvalue weighted by Gasteiger charge is -2.17. The molecule has 0 aliphatic carbocycles. The Morgan fingerprint density at radius 3 is 2.09 bits per heavy atom. The molecule has 4 nitrogen and oxygen atoms in total. The van der Waals surface area contributed by atoms with E-state index in [0.29, 0.717) is 12.2 Å². The highest BCUT2D eigenvalue weighted by Crippen LogP contribution is 2.41. The third kappa shape index (κ3) is 8.60. The van der Waals surface area contributed by atoms with Crippen molar-refractivity contribution in [1.29, 1.82) is 0 Å². The van der Waals surface area contributed by atoms with Gasteiger partial charge in [-0.2, -0.15) is 13.2 Å². The third-order valence-electron chi connectivity index (χ3n) is 5.68. The Labute approximate surface area is 192 Å². The molecule has 0 bridgehead atoms. The summed E-state index contributed by atoms with van der Waals surface area (Å²) < 4.78 is 45.2. The van der Waals surface area contributed by atoms with E-state index in [2.05, 4.69) is 11.9 Å². The molecule has 0 aliphatic heterocycles.